The topological polar surface area (TPSA) is 17.1 Å². The quantitative estimate of drug-likeness (QED) is 0.472. The number of carbonyl (C=O) groups excluding carboxylic acids is 1. The number of hydrogen-bond acceptors (Lipinski definition) is 1. The lowest BCUT2D eigenvalue weighted by Crippen LogP contribution is -2.41. The van der Waals surface area contributed by atoms with Gasteiger partial charge in [0.25, 0.3) is 0 Å². The number of rotatable bonds is 0. The second-order valence-electron chi connectivity index (χ2n) is 4.04. The molecule has 0 aromatic carbocycles. The van der Waals surface area contributed by atoms with Crippen LogP contribution in [-0.2, 0) is 4.79 Å². The fourth-order valence-corrected chi connectivity index (χ4v) is 3.16. The van der Waals surface area contributed by atoms with Gasteiger partial charge in [0.2, 0.25) is 0 Å². The van der Waals surface area contributed by atoms with Crippen molar-refractivity contribution in [2.24, 2.45) is 23.2 Å². The van der Waals surface area contributed by atoms with Gasteiger partial charge < -0.3 is 0 Å². The van der Waals surface area contributed by atoms with E-state index >= 15 is 0 Å². The molecule has 0 aromatic heterocycles. The third kappa shape index (κ3) is 0.246. The summed E-state index contributed by atoms with van der Waals surface area (Å²) in [7, 11) is 0. The maximum atomic E-state index is 11.2. The van der Waals surface area contributed by atoms with Crippen LogP contribution in [0, 0.1) is 23.2 Å². The molecule has 3 fully saturated rings. The largest absolute Gasteiger partial charge is 0.299 e. The summed E-state index contributed by atoms with van der Waals surface area (Å²) in [5.74, 6) is 2.85. The van der Waals surface area contributed by atoms with Gasteiger partial charge in [0.1, 0.15) is 5.78 Å². The van der Waals surface area contributed by atoms with Gasteiger partial charge in [-0.05, 0) is 24.7 Å². The molecule has 9 heavy (non-hydrogen) atoms. The first-order chi connectivity index (χ1) is 4.25. The van der Waals surface area contributed by atoms with E-state index in [4.69, 9.17) is 0 Å². The summed E-state index contributed by atoms with van der Waals surface area (Å²) in [5, 5.41) is 0. The van der Waals surface area contributed by atoms with Crippen LogP contribution in [0.4, 0.5) is 0 Å². The molecule has 0 aromatic rings. The van der Waals surface area contributed by atoms with Crippen molar-refractivity contribution in [2.45, 2.75) is 19.8 Å². The SMILES string of the molecule is CC12CCC3C(C1=O)C32. The van der Waals surface area contributed by atoms with Crippen molar-refractivity contribution in [1.82, 2.24) is 0 Å². The van der Waals surface area contributed by atoms with Crippen molar-refractivity contribution in [3.8, 4) is 0 Å². The first-order valence-electron chi connectivity index (χ1n) is 3.79. The molecule has 48 valence electrons. The molecule has 0 heterocycles. The number of ketones is 1. The highest BCUT2D eigenvalue weighted by atomic mass is 16.1. The van der Waals surface area contributed by atoms with Crippen molar-refractivity contribution >= 4 is 5.78 Å². The summed E-state index contributed by atoms with van der Waals surface area (Å²) in [6.07, 6.45) is 2.54. The zero-order valence-electron chi connectivity index (χ0n) is 5.55. The molecule has 3 aliphatic carbocycles. The van der Waals surface area contributed by atoms with Gasteiger partial charge in [0, 0.05) is 11.3 Å². The predicted octanol–water partition coefficient (Wildman–Crippen LogP) is 1.23. The predicted molar refractivity (Wildman–Crippen MR) is 32.8 cm³/mol. The zero-order chi connectivity index (χ0) is 6.22. The molecular weight excluding hydrogens is 112 g/mol. The standard InChI is InChI=1S/C8H10O/c1-8-3-2-4-5(6(4)8)7(8)9/h4-6H,2-3H2,1H3. The molecule has 0 N–H and O–H groups in total. The minimum atomic E-state index is 0.190. The molecular formula is C8H10O. The normalized spacial score (nSPS) is 67.2. The van der Waals surface area contributed by atoms with E-state index in [1.807, 2.05) is 0 Å². The smallest absolute Gasteiger partial charge is 0.142 e. The zero-order valence-corrected chi connectivity index (χ0v) is 5.55. The van der Waals surface area contributed by atoms with Gasteiger partial charge in [-0.15, -0.1) is 0 Å². The Hall–Kier alpha value is -0.330. The Balaban J connectivity index is 2.14. The molecule has 1 nitrogen and oxygen atoms in total. The summed E-state index contributed by atoms with van der Waals surface area (Å²) in [6, 6.07) is 0. The molecule has 0 aliphatic heterocycles. The summed E-state index contributed by atoms with van der Waals surface area (Å²) >= 11 is 0. The van der Waals surface area contributed by atoms with Crippen molar-refractivity contribution in [3.63, 3.8) is 0 Å². The molecule has 3 aliphatic rings. The Morgan fingerprint density at radius 1 is 1.67 bits per heavy atom. The highest BCUT2D eigenvalue weighted by Crippen LogP contribution is 2.76. The highest BCUT2D eigenvalue weighted by Gasteiger charge is 2.78. The summed E-state index contributed by atoms with van der Waals surface area (Å²) in [4.78, 5) is 11.2. The number of fused-ring (bicyclic) bond motifs is 1. The van der Waals surface area contributed by atoms with Gasteiger partial charge in [0.15, 0.2) is 0 Å². The van der Waals surface area contributed by atoms with Gasteiger partial charge in [-0.2, -0.15) is 0 Å². The Morgan fingerprint density at radius 2 is 2.44 bits per heavy atom. The number of Topliss-reactive ketones (excluding diaryl/α,β-unsaturated/α-hetero) is 1. The van der Waals surface area contributed by atoms with Crippen LogP contribution in [0.25, 0.3) is 0 Å². The first kappa shape index (κ1) is 4.48. The monoisotopic (exact) mass is 122 g/mol. The third-order valence-corrected chi connectivity index (χ3v) is 3.77. The molecule has 4 atom stereocenters. The summed E-state index contributed by atoms with van der Waals surface area (Å²) in [6.45, 7) is 2.16. The van der Waals surface area contributed by atoms with Gasteiger partial charge >= 0.3 is 0 Å². The van der Waals surface area contributed by atoms with E-state index in [9.17, 15) is 4.79 Å². The van der Waals surface area contributed by atoms with Crippen molar-refractivity contribution in [3.05, 3.63) is 0 Å². The van der Waals surface area contributed by atoms with Crippen molar-refractivity contribution in [2.75, 3.05) is 0 Å². The molecule has 1 heteroatoms. The molecule has 0 radical (unpaired) electrons. The van der Waals surface area contributed by atoms with Crippen LogP contribution in [0.1, 0.15) is 19.8 Å². The van der Waals surface area contributed by atoms with E-state index in [2.05, 4.69) is 6.92 Å². The van der Waals surface area contributed by atoms with Gasteiger partial charge in [-0.25, -0.2) is 0 Å². The lowest BCUT2D eigenvalue weighted by Gasteiger charge is -2.34. The van der Waals surface area contributed by atoms with Crippen LogP contribution in [0.15, 0.2) is 0 Å². The van der Waals surface area contributed by atoms with Crippen LogP contribution in [0.5, 0.6) is 0 Å². The van der Waals surface area contributed by atoms with Crippen LogP contribution < -0.4 is 0 Å². The summed E-state index contributed by atoms with van der Waals surface area (Å²) < 4.78 is 0. The second kappa shape index (κ2) is 0.882. The fourth-order valence-electron chi connectivity index (χ4n) is 3.16. The van der Waals surface area contributed by atoms with Crippen molar-refractivity contribution < 1.29 is 4.79 Å². The lowest BCUT2D eigenvalue weighted by molar-refractivity contribution is -0.139. The summed E-state index contributed by atoms with van der Waals surface area (Å²) in [5.41, 5.74) is 0.190. The molecule has 3 saturated carbocycles. The van der Waals surface area contributed by atoms with Gasteiger partial charge in [-0.3, -0.25) is 4.79 Å². The van der Waals surface area contributed by atoms with E-state index in [0.29, 0.717) is 11.7 Å². The average molecular weight is 122 g/mol. The molecule has 0 saturated heterocycles. The molecule has 0 bridgehead atoms. The molecule has 3 rings (SSSR count). The van der Waals surface area contributed by atoms with E-state index in [1.165, 1.54) is 12.8 Å². The van der Waals surface area contributed by atoms with E-state index in [-0.39, 0.29) is 5.41 Å². The van der Waals surface area contributed by atoms with E-state index in [0.717, 1.165) is 11.8 Å². The van der Waals surface area contributed by atoms with E-state index in [1.54, 1.807) is 0 Å². The minimum Gasteiger partial charge on any atom is -0.299 e. The maximum absolute atomic E-state index is 11.2. The second-order valence-corrected chi connectivity index (χ2v) is 4.04. The Kier molecular flexibility index (Phi) is 0.439. The number of carbonyl (C=O) groups is 1. The lowest BCUT2D eigenvalue weighted by atomic mass is 9.67. The van der Waals surface area contributed by atoms with Gasteiger partial charge in [-0.1, -0.05) is 6.92 Å². The maximum Gasteiger partial charge on any atom is 0.142 e. The van der Waals surface area contributed by atoms with Crippen LogP contribution >= 0.6 is 0 Å². The van der Waals surface area contributed by atoms with Crippen LogP contribution in [0.2, 0.25) is 0 Å². The molecule has 0 amide bonds. The Labute approximate surface area is 54.4 Å². The van der Waals surface area contributed by atoms with Crippen LogP contribution in [0.3, 0.4) is 0 Å². The third-order valence-electron chi connectivity index (χ3n) is 3.77. The number of hydrogen-bond donors (Lipinski definition) is 0. The van der Waals surface area contributed by atoms with Gasteiger partial charge in [0.05, 0.1) is 0 Å². The van der Waals surface area contributed by atoms with Crippen LogP contribution in [-0.4, -0.2) is 5.78 Å². The Morgan fingerprint density at radius 3 is 2.67 bits per heavy atom. The average Bonchev–Trinajstić information content (AvgIpc) is 2.46. The Bertz CT molecular complexity index is 209. The van der Waals surface area contributed by atoms with Crippen molar-refractivity contribution in [1.29, 1.82) is 0 Å². The molecule has 4 unspecified atom stereocenters. The molecule has 0 spiro atoms. The highest BCUT2D eigenvalue weighted by molar-refractivity contribution is 5.99. The first-order valence-corrected chi connectivity index (χ1v) is 3.79. The minimum absolute atomic E-state index is 0.190. The van der Waals surface area contributed by atoms with E-state index < -0.39 is 0 Å². The fraction of sp³-hybridized carbons (Fsp3) is 0.875.